The van der Waals surface area contributed by atoms with Crippen molar-refractivity contribution in [2.24, 2.45) is 0 Å². The highest BCUT2D eigenvalue weighted by atomic mass is 32.2. The van der Waals surface area contributed by atoms with E-state index in [4.69, 9.17) is 9.47 Å². The van der Waals surface area contributed by atoms with Crippen LogP contribution in [0.5, 0.6) is 11.5 Å². The van der Waals surface area contributed by atoms with Crippen LogP contribution < -0.4 is 9.47 Å². The maximum absolute atomic E-state index is 5.65. The molecular formula is C15H12O2S. The smallest absolute Gasteiger partial charge is 0.140 e. The van der Waals surface area contributed by atoms with E-state index in [0.29, 0.717) is 0 Å². The number of fused-ring (bicyclic) bond motifs is 1. The van der Waals surface area contributed by atoms with Gasteiger partial charge in [0.05, 0.1) is 16.9 Å². The normalized spacial score (nSPS) is 13.3. The predicted molar refractivity (Wildman–Crippen MR) is 73.9 cm³/mol. The van der Waals surface area contributed by atoms with E-state index >= 15 is 0 Å². The molecule has 3 heteroatoms. The summed E-state index contributed by atoms with van der Waals surface area (Å²) in [5, 5.41) is 0. The summed E-state index contributed by atoms with van der Waals surface area (Å²) in [6, 6.07) is 16.0. The Kier molecular flexibility index (Phi) is 2.99. The lowest BCUT2D eigenvalue weighted by Crippen LogP contribution is -1.95. The molecule has 2 nitrogen and oxygen atoms in total. The molecule has 0 fully saturated rings. The number of hydrogen-bond acceptors (Lipinski definition) is 3. The molecule has 1 aliphatic heterocycles. The Hall–Kier alpha value is -1.87. The van der Waals surface area contributed by atoms with Crippen molar-refractivity contribution >= 4 is 16.7 Å². The highest BCUT2D eigenvalue weighted by molar-refractivity contribution is 8.08. The predicted octanol–water partition coefficient (Wildman–Crippen LogP) is 4.18. The maximum atomic E-state index is 5.65. The molecule has 3 rings (SSSR count). The van der Waals surface area contributed by atoms with Gasteiger partial charge < -0.3 is 9.47 Å². The first-order chi connectivity index (χ1) is 8.86. The molecule has 0 aromatic heterocycles. The molecular weight excluding hydrogens is 244 g/mol. The molecule has 0 saturated heterocycles. The van der Waals surface area contributed by atoms with Crippen molar-refractivity contribution in [3.8, 4) is 11.5 Å². The van der Waals surface area contributed by atoms with Crippen LogP contribution in [-0.4, -0.2) is 7.11 Å². The number of methoxy groups -OCH3 is 1. The van der Waals surface area contributed by atoms with Crippen LogP contribution in [0.15, 0.2) is 59.7 Å². The topological polar surface area (TPSA) is 18.5 Å². The zero-order valence-corrected chi connectivity index (χ0v) is 10.7. The van der Waals surface area contributed by atoms with E-state index in [1.165, 1.54) is 0 Å². The van der Waals surface area contributed by atoms with Gasteiger partial charge in [-0.3, -0.25) is 0 Å². The first-order valence-electron chi connectivity index (χ1n) is 5.65. The Labute approximate surface area is 110 Å². The molecule has 0 atom stereocenters. The van der Waals surface area contributed by atoms with Crippen LogP contribution in [0, 0.1) is 0 Å². The van der Waals surface area contributed by atoms with Gasteiger partial charge in [0.25, 0.3) is 0 Å². The van der Waals surface area contributed by atoms with Crippen LogP contribution in [0.3, 0.4) is 0 Å². The third-order valence-electron chi connectivity index (χ3n) is 2.72. The lowest BCUT2D eigenvalue weighted by atomic mass is 10.2. The third kappa shape index (κ3) is 2.09. The van der Waals surface area contributed by atoms with Crippen molar-refractivity contribution in [2.75, 3.05) is 7.11 Å². The fourth-order valence-electron chi connectivity index (χ4n) is 1.78. The Balaban J connectivity index is 1.93. The molecule has 0 N–H and O–H groups in total. The SMILES string of the molecule is COc1ccc2c(c1)SC(c1ccccc1)=CO2. The van der Waals surface area contributed by atoms with Crippen molar-refractivity contribution in [2.45, 2.75) is 4.90 Å². The van der Waals surface area contributed by atoms with E-state index in [0.717, 1.165) is 26.9 Å². The largest absolute Gasteiger partial charge is 0.497 e. The molecule has 2 aromatic carbocycles. The molecule has 0 bridgehead atoms. The van der Waals surface area contributed by atoms with Gasteiger partial charge in [-0.25, -0.2) is 0 Å². The van der Waals surface area contributed by atoms with Crippen LogP contribution in [0.25, 0.3) is 4.91 Å². The number of benzene rings is 2. The quantitative estimate of drug-likeness (QED) is 0.803. The third-order valence-corrected chi connectivity index (χ3v) is 3.81. The number of thioether (sulfide) groups is 1. The van der Waals surface area contributed by atoms with Gasteiger partial charge in [-0.15, -0.1) is 0 Å². The van der Waals surface area contributed by atoms with Crippen LogP contribution >= 0.6 is 11.8 Å². The second-order valence-electron chi connectivity index (χ2n) is 3.88. The zero-order chi connectivity index (χ0) is 12.4. The summed E-state index contributed by atoms with van der Waals surface area (Å²) in [6.07, 6.45) is 1.80. The van der Waals surface area contributed by atoms with E-state index in [9.17, 15) is 0 Å². The van der Waals surface area contributed by atoms with E-state index in [-0.39, 0.29) is 0 Å². The summed E-state index contributed by atoms with van der Waals surface area (Å²) in [5.74, 6) is 1.72. The zero-order valence-electron chi connectivity index (χ0n) is 9.92. The molecule has 0 spiro atoms. The molecule has 1 heterocycles. The van der Waals surface area contributed by atoms with Crippen molar-refractivity contribution in [3.05, 3.63) is 60.4 Å². The average molecular weight is 256 g/mol. The van der Waals surface area contributed by atoms with Crippen molar-refractivity contribution in [1.29, 1.82) is 0 Å². The highest BCUT2D eigenvalue weighted by Gasteiger charge is 2.15. The van der Waals surface area contributed by atoms with E-state index < -0.39 is 0 Å². The first-order valence-corrected chi connectivity index (χ1v) is 6.46. The lowest BCUT2D eigenvalue weighted by molar-refractivity contribution is 0.410. The van der Waals surface area contributed by atoms with Gasteiger partial charge >= 0.3 is 0 Å². The number of hydrogen-bond donors (Lipinski definition) is 0. The van der Waals surface area contributed by atoms with Gasteiger partial charge in [0.1, 0.15) is 17.8 Å². The second kappa shape index (κ2) is 4.78. The van der Waals surface area contributed by atoms with Gasteiger partial charge in [-0.2, -0.15) is 0 Å². The Morgan fingerprint density at radius 2 is 1.89 bits per heavy atom. The molecule has 0 unspecified atom stereocenters. The average Bonchev–Trinajstić information content (AvgIpc) is 2.47. The Morgan fingerprint density at radius 1 is 1.06 bits per heavy atom. The second-order valence-corrected chi connectivity index (χ2v) is 4.96. The summed E-state index contributed by atoms with van der Waals surface area (Å²) in [7, 11) is 1.67. The summed E-state index contributed by atoms with van der Waals surface area (Å²) < 4.78 is 10.9. The van der Waals surface area contributed by atoms with E-state index in [2.05, 4.69) is 12.1 Å². The molecule has 2 aromatic rings. The summed E-state index contributed by atoms with van der Waals surface area (Å²) in [5.41, 5.74) is 1.16. The summed E-state index contributed by atoms with van der Waals surface area (Å²) >= 11 is 1.70. The van der Waals surface area contributed by atoms with Crippen LogP contribution in [0.4, 0.5) is 0 Å². The van der Waals surface area contributed by atoms with Gasteiger partial charge in [0.2, 0.25) is 0 Å². The molecule has 0 aliphatic carbocycles. The number of ether oxygens (including phenoxy) is 2. The van der Waals surface area contributed by atoms with Crippen LogP contribution in [0.1, 0.15) is 5.56 Å². The molecule has 0 radical (unpaired) electrons. The standard InChI is InChI=1S/C15H12O2S/c1-16-12-7-8-13-14(9-12)18-15(10-17-13)11-5-3-2-4-6-11/h2-10H,1H3. The van der Waals surface area contributed by atoms with E-state index in [1.54, 1.807) is 25.1 Å². The summed E-state index contributed by atoms with van der Waals surface area (Å²) in [4.78, 5) is 2.19. The van der Waals surface area contributed by atoms with Gasteiger partial charge in [-0.1, -0.05) is 42.1 Å². The molecule has 0 amide bonds. The van der Waals surface area contributed by atoms with Crippen molar-refractivity contribution < 1.29 is 9.47 Å². The fraction of sp³-hybridized carbons (Fsp3) is 0.0667. The Bertz CT molecular complexity index is 591. The van der Waals surface area contributed by atoms with Crippen molar-refractivity contribution in [3.63, 3.8) is 0 Å². The van der Waals surface area contributed by atoms with Gasteiger partial charge in [-0.05, 0) is 23.8 Å². The minimum absolute atomic E-state index is 0.846. The van der Waals surface area contributed by atoms with Gasteiger partial charge in [0, 0.05) is 0 Å². The van der Waals surface area contributed by atoms with E-state index in [1.807, 2.05) is 36.4 Å². The fourth-order valence-corrected chi connectivity index (χ4v) is 2.76. The van der Waals surface area contributed by atoms with Crippen molar-refractivity contribution in [1.82, 2.24) is 0 Å². The number of rotatable bonds is 2. The lowest BCUT2D eigenvalue weighted by Gasteiger charge is -2.17. The molecule has 90 valence electrons. The first kappa shape index (κ1) is 11.2. The Morgan fingerprint density at radius 3 is 2.67 bits per heavy atom. The molecule has 18 heavy (non-hydrogen) atoms. The minimum atomic E-state index is 0.846. The van der Waals surface area contributed by atoms with Gasteiger partial charge in [0.15, 0.2) is 0 Å². The molecule has 0 saturated carbocycles. The maximum Gasteiger partial charge on any atom is 0.140 e. The minimum Gasteiger partial charge on any atom is -0.497 e. The highest BCUT2D eigenvalue weighted by Crippen LogP contribution is 2.44. The van der Waals surface area contributed by atoms with Crippen LogP contribution in [0.2, 0.25) is 0 Å². The summed E-state index contributed by atoms with van der Waals surface area (Å²) in [6.45, 7) is 0. The van der Waals surface area contributed by atoms with Crippen LogP contribution in [-0.2, 0) is 0 Å². The molecule has 1 aliphatic rings. The monoisotopic (exact) mass is 256 g/mol.